The molecule has 4 rings (SSSR count). The Hall–Kier alpha value is -3.01. The van der Waals surface area contributed by atoms with Crippen LogP contribution in [0.25, 0.3) is 11.6 Å². The van der Waals surface area contributed by atoms with Gasteiger partial charge in [0.05, 0.1) is 11.3 Å². The summed E-state index contributed by atoms with van der Waals surface area (Å²) in [5, 5.41) is 6.20. The third kappa shape index (κ3) is 1.80. The van der Waals surface area contributed by atoms with E-state index in [-0.39, 0.29) is 5.91 Å². The van der Waals surface area contributed by atoms with Crippen LogP contribution in [0.15, 0.2) is 54.2 Å². The van der Waals surface area contributed by atoms with Gasteiger partial charge in [0.15, 0.2) is 0 Å². The second-order valence-corrected chi connectivity index (χ2v) is 5.09. The first-order valence-electron chi connectivity index (χ1n) is 6.72. The molecular formula is C17H13N3O. The predicted octanol–water partition coefficient (Wildman–Crippen LogP) is 3.07. The number of hydrogen-bond acceptors (Lipinski definition) is 3. The van der Waals surface area contributed by atoms with Crippen molar-refractivity contribution in [1.82, 2.24) is 0 Å². The molecule has 1 amide bonds. The molecule has 0 unspecified atom stereocenters. The van der Waals surface area contributed by atoms with Crippen LogP contribution in [0.1, 0.15) is 11.1 Å². The summed E-state index contributed by atoms with van der Waals surface area (Å²) in [5.41, 5.74) is 11.7. The summed E-state index contributed by atoms with van der Waals surface area (Å²) in [6.45, 7) is 0. The largest absolute Gasteiger partial charge is 0.399 e. The van der Waals surface area contributed by atoms with Gasteiger partial charge in [0.1, 0.15) is 0 Å². The minimum Gasteiger partial charge on any atom is -0.399 e. The number of hydrogen-bond donors (Lipinski definition) is 3. The van der Waals surface area contributed by atoms with Crippen molar-refractivity contribution in [1.29, 1.82) is 0 Å². The summed E-state index contributed by atoms with van der Waals surface area (Å²) in [7, 11) is 0. The fraction of sp³-hybridized carbons (Fsp3) is 0. The highest BCUT2D eigenvalue weighted by Gasteiger charge is 2.27. The molecule has 2 aromatic carbocycles. The maximum Gasteiger partial charge on any atom is 0.258 e. The van der Waals surface area contributed by atoms with Crippen molar-refractivity contribution in [3.05, 3.63) is 65.4 Å². The first kappa shape index (κ1) is 11.8. The van der Waals surface area contributed by atoms with Gasteiger partial charge < -0.3 is 16.4 Å². The SMILES string of the molecule is Nc1ccc2c(c1)C=C/C(=C1/C(=O)Nc3ccccc31)N2. The number of rotatable bonds is 0. The average molecular weight is 275 g/mol. The highest BCUT2D eigenvalue weighted by atomic mass is 16.2. The number of para-hydroxylation sites is 1. The van der Waals surface area contributed by atoms with Crippen LogP contribution in [0.5, 0.6) is 0 Å². The Morgan fingerprint density at radius 2 is 1.76 bits per heavy atom. The maximum absolute atomic E-state index is 12.2. The summed E-state index contributed by atoms with van der Waals surface area (Å²) >= 11 is 0. The number of allylic oxidation sites excluding steroid dienone is 1. The topological polar surface area (TPSA) is 67.2 Å². The molecule has 0 saturated heterocycles. The molecule has 21 heavy (non-hydrogen) atoms. The number of benzene rings is 2. The van der Waals surface area contributed by atoms with Gasteiger partial charge in [0.2, 0.25) is 0 Å². The Morgan fingerprint density at radius 3 is 2.67 bits per heavy atom. The van der Waals surface area contributed by atoms with Gasteiger partial charge in [-0.05, 0) is 30.3 Å². The van der Waals surface area contributed by atoms with E-state index in [9.17, 15) is 4.79 Å². The highest BCUT2D eigenvalue weighted by molar-refractivity contribution is 6.33. The molecule has 2 aromatic rings. The summed E-state index contributed by atoms with van der Waals surface area (Å²) in [4.78, 5) is 12.2. The number of carbonyl (C=O) groups excluding carboxylic acids is 1. The highest BCUT2D eigenvalue weighted by Crippen LogP contribution is 2.36. The second kappa shape index (κ2) is 4.24. The Bertz CT molecular complexity index is 834. The van der Waals surface area contributed by atoms with Crippen molar-refractivity contribution < 1.29 is 4.79 Å². The molecule has 0 atom stereocenters. The molecule has 0 bridgehead atoms. The molecule has 0 saturated carbocycles. The van der Waals surface area contributed by atoms with Crippen molar-refractivity contribution in [3.8, 4) is 0 Å². The molecular weight excluding hydrogens is 262 g/mol. The molecule has 102 valence electrons. The molecule has 4 nitrogen and oxygen atoms in total. The number of amides is 1. The van der Waals surface area contributed by atoms with Crippen LogP contribution in [0.4, 0.5) is 17.1 Å². The molecule has 4 heteroatoms. The maximum atomic E-state index is 12.2. The molecule has 2 aliphatic rings. The molecule has 0 aromatic heterocycles. The zero-order valence-electron chi connectivity index (χ0n) is 11.2. The lowest BCUT2D eigenvalue weighted by atomic mass is 10.0. The minimum atomic E-state index is -0.0813. The van der Waals surface area contributed by atoms with E-state index in [0.29, 0.717) is 5.57 Å². The first-order valence-corrected chi connectivity index (χ1v) is 6.72. The lowest BCUT2D eigenvalue weighted by Crippen LogP contribution is -2.11. The quantitative estimate of drug-likeness (QED) is 0.511. The standard InChI is InChI=1S/C17H13N3O/c18-11-6-8-13-10(9-11)5-7-15(19-13)16-12-3-1-2-4-14(12)20-17(16)21/h1-9,19H,18H2,(H,20,21)/b16-15-. The van der Waals surface area contributed by atoms with E-state index in [4.69, 9.17) is 5.73 Å². The monoisotopic (exact) mass is 275 g/mol. The fourth-order valence-electron chi connectivity index (χ4n) is 2.72. The van der Waals surface area contributed by atoms with Crippen molar-refractivity contribution in [2.75, 3.05) is 16.4 Å². The summed E-state index contributed by atoms with van der Waals surface area (Å²) in [5.74, 6) is -0.0813. The van der Waals surface area contributed by atoms with Gasteiger partial charge in [0.25, 0.3) is 5.91 Å². The zero-order valence-corrected chi connectivity index (χ0v) is 11.2. The molecule has 2 heterocycles. The van der Waals surface area contributed by atoms with Gasteiger partial charge in [-0.25, -0.2) is 0 Å². The van der Waals surface area contributed by atoms with E-state index in [1.165, 1.54) is 0 Å². The van der Waals surface area contributed by atoms with Crippen LogP contribution in [0, 0.1) is 0 Å². The van der Waals surface area contributed by atoms with Crippen LogP contribution in [-0.2, 0) is 4.79 Å². The molecule has 0 aliphatic carbocycles. The van der Waals surface area contributed by atoms with Crippen LogP contribution in [0.3, 0.4) is 0 Å². The van der Waals surface area contributed by atoms with E-state index >= 15 is 0 Å². The molecule has 0 spiro atoms. The molecule has 2 aliphatic heterocycles. The number of nitrogens with one attached hydrogen (secondary N) is 2. The number of fused-ring (bicyclic) bond motifs is 2. The van der Waals surface area contributed by atoms with Gasteiger partial charge in [-0.3, -0.25) is 4.79 Å². The third-order valence-corrected chi connectivity index (χ3v) is 3.72. The van der Waals surface area contributed by atoms with Gasteiger partial charge in [-0.15, -0.1) is 0 Å². The average Bonchev–Trinajstić information content (AvgIpc) is 2.82. The van der Waals surface area contributed by atoms with Gasteiger partial charge in [-0.1, -0.05) is 24.3 Å². The number of nitrogen functional groups attached to an aromatic ring is 1. The normalized spacial score (nSPS) is 18.8. The number of carbonyl (C=O) groups is 1. The summed E-state index contributed by atoms with van der Waals surface area (Å²) in [6.07, 6.45) is 3.89. The Balaban J connectivity index is 1.85. The predicted molar refractivity (Wildman–Crippen MR) is 85.5 cm³/mol. The van der Waals surface area contributed by atoms with E-state index in [2.05, 4.69) is 10.6 Å². The van der Waals surface area contributed by atoms with Crippen LogP contribution in [0.2, 0.25) is 0 Å². The lowest BCUT2D eigenvalue weighted by molar-refractivity contribution is -0.110. The van der Waals surface area contributed by atoms with Crippen molar-refractivity contribution in [2.24, 2.45) is 0 Å². The van der Waals surface area contributed by atoms with E-state index in [0.717, 1.165) is 33.9 Å². The van der Waals surface area contributed by atoms with Crippen molar-refractivity contribution in [2.45, 2.75) is 0 Å². The molecule has 0 fully saturated rings. The smallest absolute Gasteiger partial charge is 0.258 e. The van der Waals surface area contributed by atoms with Crippen molar-refractivity contribution >= 4 is 34.6 Å². The first-order chi connectivity index (χ1) is 10.2. The number of nitrogens with two attached hydrogens (primary N) is 1. The van der Waals surface area contributed by atoms with Gasteiger partial charge in [0, 0.05) is 28.2 Å². The van der Waals surface area contributed by atoms with Crippen LogP contribution in [-0.4, -0.2) is 5.91 Å². The lowest BCUT2D eigenvalue weighted by Gasteiger charge is -2.17. The van der Waals surface area contributed by atoms with Crippen LogP contribution >= 0.6 is 0 Å². The van der Waals surface area contributed by atoms with Crippen molar-refractivity contribution in [3.63, 3.8) is 0 Å². The Kier molecular flexibility index (Phi) is 2.38. The number of anilines is 3. The zero-order chi connectivity index (χ0) is 14.4. The Labute approximate surface area is 122 Å². The van der Waals surface area contributed by atoms with E-state index in [1.807, 2.05) is 54.6 Å². The van der Waals surface area contributed by atoms with Gasteiger partial charge >= 0.3 is 0 Å². The second-order valence-electron chi connectivity index (χ2n) is 5.09. The fourth-order valence-corrected chi connectivity index (χ4v) is 2.72. The molecule has 4 N–H and O–H groups in total. The van der Waals surface area contributed by atoms with Crippen LogP contribution < -0.4 is 16.4 Å². The minimum absolute atomic E-state index is 0.0813. The Morgan fingerprint density at radius 1 is 0.905 bits per heavy atom. The summed E-state index contributed by atoms with van der Waals surface area (Å²) in [6, 6.07) is 13.4. The van der Waals surface area contributed by atoms with E-state index in [1.54, 1.807) is 0 Å². The molecule has 0 radical (unpaired) electrons. The summed E-state index contributed by atoms with van der Waals surface area (Å²) < 4.78 is 0. The van der Waals surface area contributed by atoms with Gasteiger partial charge in [-0.2, -0.15) is 0 Å². The third-order valence-electron chi connectivity index (χ3n) is 3.72. The van der Waals surface area contributed by atoms with E-state index < -0.39 is 0 Å².